The molecular formula is C11H26O4Si3. The van der Waals surface area contributed by atoms with Crippen LogP contribution in [0.15, 0.2) is 12.7 Å². The van der Waals surface area contributed by atoms with Crippen molar-refractivity contribution in [3.63, 3.8) is 0 Å². The van der Waals surface area contributed by atoms with Gasteiger partial charge in [-0.1, -0.05) is 13.5 Å². The van der Waals surface area contributed by atoms with Gasteiger partial charge in [-0.3, -0.25) is 0 Å². The fourth-order valence-corrected chi connectivity index (χ4v) is 9.06. The van der Waals surface area contributed by atoms with Gasteiger partial charge >= 0.3 is 15.3 Å². The molecule has 4 nitrogen and oxygen atoms in total. The maximum absolute atomic E-state index is 10.9. The van der Waals surface area contributed by atoms with Gasteiger partial charge < -0.3 is 13.0 Å². The largest absolute Gasteiger partial charge is 0.463 e. The molecule has 0 aromatic carbocycles. The molecule has 0 N–H and O–H groups in total. The average molecular weight is 307 g/mol. The van der Waals surface area contributed by atoms with Gasteiger partial charge in [0.2, 0.25) is 0 Å². The van der Waals surface area contributed by atoms with Gasteiger partial charge in [0.1, 0.15) is 0 Å². The fraction of sp³-hybridized carbons (Fsp3) is 0.727. The number of carbonyl (C=O) groups is 1. The molecule has 0 aliphatic heterocycles. The van der Waals surface area contributed by atoms with Gasteiger partial charge in [-0.05, 0) is 38.2 Å². The van der Waals surface area contributed by atoms with Crippen molar-refractivity contribution in [2.45, 2.75) is 45.1 Å². The topological polar surface area (TPSA) is 44.8 Å². The lowest BCUT2D eigenvalue weighted by atomic mass is 10.3. The van der Waals surface area contributed by atoms with Gasteiger partial charge in [0.05, 0.1) is 6.61 Å². The highest BCUT2D eigenvalue weighted by Crippen LogP contribution is 2.18. The Morgan fingerprint density at radius 1 is 1.22 bits per heavy atom. The first-order valence-electron chi connectivity index (χ1n) is 6.46. The van der Waals surface area contributed by atoms with Gasteiger partial charge in [0.25, 0.3) is 0 Å². The Hall–Kier alpha value is -0.219. The Balaban J connectivity index is 4.15. The maximum atomic E-state index is 10.9. The second-order valence-electron chi connectivity index (χ2n) is 4.88. The van der Waals surface area contributed by atoms with E-state index in [1.54, 1.807) is 0 Å². The van der Waals surface area contributed by atoms with Crippen LogP contribution in [-0.4, -0.2) is 39.9 Å². The van der Waals surface area contributed by atoms with Crippen molar-refractivity contribution in [3.05, 3.63) is 12.7 Å². The summed E-state index contributed by atoms with van der Waals surface area (Å²) in [6.45, 7) is 14.6. The lowest BCUT2D eigenvalue weighted by Gasteiger charge is -2.26. The molecule has 7 heteroatoms. The van der Waals surface area contributed by atoms with Crippen LogP contribution in [0.5, 0.6) is 0 Å². The summed E-state index contributed by atoms with van der Waals surface area (Å²) in [4.78, 5) is 10.9. The van der Waals surface area contributed by atoms with Crippen LogP contribution in [0, 0.1) is 0 Å². The highest BCUT2D eigenvalue weighted by Gasteiger charge is 2.24. The summed E-state index contributed by atoms with van der Waals surface area (Å²) in [6, 6.07) is 0. The molecule has 1 atom stereocenters. The molecule has 0 aliphatic rings. The Bertz CT molecular complexity index is 249. The number of carbonyl (C=O) groups excluding carboxylic acids is 1. The smallest absolute Gasteiger partial charge is 0.330 e. The van der Waals surface area contributed by atoms with Crippen molar-refractivity contribution in [2.24, 2.45) is 0 Å². The first-order chi connectivity index (χ1) is 8.36. The summed E-state index contributed by atoms with van der Waals surface area (Å²) < 4.78 is 17.1. The lowest BCUT2D eigenvalue weighted by molar-refractivity contribution is -0.137. The highest BCUT2D eigenvalue weighted by atomic mass is 28.4. The summed E-state index contributed by atoms with van der Waals surface area (Å²) in [5.74, 6) is -0.362. The van der Waals surface area contributed by atoms with Crippen LogP contribution in [0.4, 0.5) is 0 Å². The SMILES string of the molecule is C=CC(=O)OCCC(C)[SiH](O[SiH](C)C)O[SiH](C)C. The molecule has 0 bridgehead atoms. The molecule has 18 heavy (non-hydrogen) atoms. The molecule has 0 radical (unpaired) electrons. The minimum atomic E-state index is -1.61. The third-order valence-corrected chi connectivity index (χ3v) is 10.0. The maximum Gasteiger partial charge on any atom is 0.330 e. The summed E-state index contributed by atoms with van der Waals surface area (Å²) in [6.07, 6.45) is 1.99. The molecule has 0 heterocycles. The number of ether oxygens (including phenoxy) is 1. The lowest BCUT2D eigenvalue weighted by Crippen LogP contribution is -2.36. The van der Waals surface area contributed by atoms with Crippen LogP contribution in [0.3, 0.4) is 0 Å². The van der Waals surface area contributed by atoms with Gasteiger partial charge in [-0.15, -0.1) is 0 Å². The Morgan fingerprint density at radius 3 is 2.11 bits per heavy atom. The number of hydrogen-bond donors (Lipinski definition) is 0. The van der Waals surface area contributed by atoms with Crippen molar-refractivity contribution < 1.29 is 17.8 Å². The van der Waals surface area contributed by atoms with Crippen LogP contribution in [-0.2, 0) is 17.8 Å². The second-order valence-corrected chi connectivity index (χ2v) is 13.1. The zero-order valence-corrected chi connectivity index (χ0v) is 15.6. The van der Waals surface area contributed by atoms with Crippen LogP contribution in [0.2, 0.25) is 31.7 Å². The normalized spacial score (nSPS) is 13.1. The van der Waals surface area contributed by atoms with Crippen molar-refractivity contribution in [1.29, 1.82) is 0 Å². The zero-order valence-electron chi connectivity index (χ0n) is 12.1. The summed E-state index contributed by atoms with van der Waals surface area (Å²) in [5, 5.41) is 0. The Kier molecular flexibility index (Phi) is 9.56. The Labute approximate surface area is 116 Å². The van der Waals surface area contributed by atoms with E-state index < -0.39 is 27.4 Å². The second kappa shape index (κ2) is 9.68. The Morgan fingerprint density at radius 2 is 1.72 bits per heavy atom. The highest BCUT2D eigenvalue weighted by molar-refractivity contribution is 6.68. The van der Waals surface area contributed by atoms with Crippen molar-refractivity contribution in [2.75, 3.05) is 6.61 Å². The van der Waals surface area contributed by atoms with Gasteiger partial charge in [-0.2, -0.15) is 0 Å². The minimum Gasteiger partial charge on any atom is -0.463 e. The van der Waals surface area contributed by atoms with E-state index >= 15 is 0 Å². The van der Waals surface area contributed by atoms with Crippen LogP contribution < -0.4 is 0 Å². The molecule has 0 aliphatic carbocycles. The van der Waals surface area contributed by atoms with E-state index in [0.717, 1.165) is 6.42 Å². The molecule has 1 unspecified atom stereocenters. The van der Waals surface area contributed by atoms with E-state index in [2.05, 4.69) is 39.7 Å². The third-order valence-electron chi connectivity index (χ3n) is 2.26. The van der Waals surface area contributed by atoms with Crippen molar-refractivity contribution in [3.8, 4) is 0 Å². The van der Waals surface area contributed by atoms with E-state index in [0.29, 0.717) is 12.1 Å². The molecule has 0 aromatic heterocycles. The zero-order chi connectivity index (χ0) is 14.1. The summed E-state index contributed by atoms with van der Waals surface area (Å²) in [7, 11) is -3.75. The standard InChI is InChI=1S/C11H26O4Si3/c1-7-11(12)13-9-8-10(2)18(14-16(3)4)15-17(5)6/h7,10,16-18H,1,8-9H2,2-6H3. The number of hydrogen-bond acceptors (Lipinski definition) is 4. The predicted molar refractivity (Wildman–Crippen MR) is 82.3 cm³/mol. The van der Waals surface area contributed by atoms with E-state index in [9.17, 15) is 4.79 Å². The molecule has 106 valence electrons. The van der Waals surface area contributed by atoms with E-state index in [-0.39, 0.29) is 5.97 Å². The van der Waals surface area contributed by atoms with Gasteiger partial charge in [0, 0.05) is 6.08 Å². The average Bonchev–Trinajstić information content (AvgIpc) is 2.26. The predicted octanol–water partition coefficient (Wildman–Crippen LogP) is 1.72. The van der Waals surface area contributed by atoms with Crippen molar-refractivity contribution >= 4 is 33.3 Å². The van der Waals surface area contributed by atoms with Crippen LogP contribution in [0.25, 0.3) is 0 Å². The van der Waals surface area contributed by atoms with E-state index in [1.807, 2.05) is 0 Å². The summed E-state index contributed by atoms with van der Waals surface area (Å²) >= 11 is 0. The first kappa shape index (κ1) is 17.8. The molecule has 0 saturated carbocycles. The third kappa shape index (κ3) is 8.81. The number of esters is 1. The molecular weight excluding hydrogens is 280 g/mol. The molecule has 0 amide bonds. The first-order valence-corrected chi connectivity index (χ1v) is 13.6. The number of rotatable bonds is 9. The quantitative estimate of drug-likeness (QED) is 0.370. The monoisotopic (exact) mass is 306 g/mol. The summed E-state index contributed by atoms with van der Waals surface area (Å²) in [5.41, 5.74) is 0.368. The molecule has 0 fully saturated rings. The minimum absolute atomic E-state index is 0.362. The fourth-order valence-electron chi connectivity index (χ4n) is 1.38. The molecule has 0 spiro atoms. The van der Waals surface area contributed by atoms with Crippen LogP contribution >= 0.6 is 0 Å². The van der Waals surface area contributed by atoms with Crippen molar-refractivity contribution in [1.82, 2.24) is 0 Å². The van der Waals surface area contributed by atoms with Crippen LogP contribution in [0.1, 0.15) is 13.3 Å². The van der Waals surface area contributed by atoms with E-state index in [4.69, 9.17) is 13.0 Å². The van der Waals surface area contributed by atoms with Gasteiger partial charge in [-0.25, -0.2) is 4.79 Å². The van der Waals surface area contributed by atoms with E-state index in [1.165, 1.54) is 6.08 Å². The molecule has 0 saturated heterocycles. The van der Waals surface area contributed by atoms with Gasteiger partial charge in [0.15, 0.2) is 18.1 Å². The molecule has 0 aromatic rings. The molecule has 0 rings (SSSR count).